The molecule has 3 heterocycles. The largest absolute Gasteiger partial charge is 0.394 e. The first-order valence-corrected chi connectivity index (χ1v) is 8.65. The molecule has 0 aliphatic carbocycles. The van der Waals surface area contributed by atoms with Gasteiger partial charge in [-0.25, -0.2) is 9.97 Å². The molecular formula is C18H17ClN4O3. The minimum Gasteiger partial charge on any atom is -0.394 e. The Morgan fingerprint density at radius 1 is 1.35 bits per heavy atom. The number of ether oxygens (including phenoxy) is 1. The minimum absolute atomic E-state index is 0.203. The molecule has 4 rings (SSSR count). The lowest BCUT2D eigenvalue weighted by atomic mass is 9.98. The van der Waals surface area contributed by atoms with Gasteiger partial charge < -0.3 is 19.7 Å². The third-order valence-corrected chi connectivity index (χ3v) is 4.82. The molecule has 1 aliphatic rings. The fraction of sp³-hybridized carbons (Fsp3) is 0.278. The van der Waals surface area contributed by atoms with Crippen molar-refractivity contribution in [1.82, 2.24) is 19.9 Å². The molecule has 2 N–H and O–H groups in total. The number of imidazole rings is 1. The maximum absolute atomic E-state index is 13.2. The number of aliphatic hydroxyl groups excluding tert-OH is 1. The number of halogens is 1. The van der Waals surface area contributed by atoms with Crippen molar-refractivity contribution in [2.45, 2.75) is 12.1 Å². The number of hydrogen-bond acceptors (Lipinski definition) is 5. The SMILES string of the molecule is O=C(c1nc2ncccc2[nH]1)N1CCO[C@@H](CO)[C@@H]1c1ccccc1Cl. The highest BCUT2D eigenvalue weighted by molar-refractivity contribution is 6.31. The zero-order valence-corrected chi connectivity index (χ0v) is 14.6. The smallest absolute Gasteiger partial charge is 0.290 e. The molecule has 134 valence electrons. The number of nitrogens with one attached hydrogen (secondary N) is 1. The normalized spacial score (nSPS) is 20.5. The van der Waals surface area contributed by atoms with Crippen molar-refractivity contribution in [2.24, 2.45) is 0 Å². The van der Waals surface area contributed by atoms with Crippen molar-refractivity contribution in [3.05, 3.63) is 59.0 Å². The molecule has 26 heavy (non-hydrogen) atoms. The number of aromatic nitrogens is 3. The summed E-state index contributed by atoms with van der Waals surface area (Å²) in [4.78, 5) is 26.3. The molecule has 0 saturated carbocycles. The van der Waals surface area contributed by atoms with Crippen LogP contribution in [0.1, 0.15) is 22.2 Å². The number of nitrogens with zero attached hydrogens (tertiary/aromatic N) is 3. The van der Waals surface area contributed by atoms with E-state index in [0.717, 1.165) is 5.56 Å². The van der Waals surface area contributed by atoms with E-state index in [2.05, 4.69) is 15.0 Å². The van der Waals surface area contributed by atoms with Gasteiger partial charge in [-0.1, -0.05) is 29.8 Å². The Labute approximate surface area is 154 Å². The standard InChI is InChI=1S/C18H17ClN4O3/c19-12-5-2-1-4-11(12)15-14(10-24)26-9-8-23(15)18(25)17-21-13-6-3-7-20-16(13)22-17/h1-7,14-15,24H,8-10H2,(H,20,21,22)/t14-,15-/m0/s1. The molecule has 1 saturated heterocycles. The van der Waals surface area contributed by atoms with E-state index >= 15 is 0 Å². The van der Waals surface area contributed by atoms with Crippen LogP contribution in [0.4, 0.5) is 0 Å². The van der Waals surface area contributed by atoms with Gasteiger partial charge in [-0.05, 0) is 23.8 Å². The van der Waals surface area contributed by atoms with Gasteiger partial charge in [0.2, 0.25) is 0 Å². The van der Waals surface area contributed by atoms with Gasteiger partial charge in [0.15, 0.2) is 11.5 Å². The summed E-state index contributed by atoms with van der Waals surface area (Å²) in [5, 5.41) is 10.3. The van der Waals surface area contributed by atoms with Crippen LogP contribution in [0.5, 0.6) is 0 Å². The molecule has 1 aromatic carbocycles. The highest BCUT2D eigenvalue weighted by Crippen LogP contribution is 2.34. The van der Waals surface area contributed by atoms with Gasteiger partial charge in [0.1, 0.15) is 6.10 Å². The van der Waals surface area contributed by atoms with Crippen LogP contribution in [0.3, 0.4) is 0 Å². The van der Waals surface area contributed by atoms with E-state index in [1.54, 1.807) is 23.2 Å². The lowest BCUT2D eigenvalue weighted by molar-refractivity contribution is -0.0813. The summed E-state index contributed by atoms with van der Waals surface area (Å²) in [6.45, 7) is 0.480. The van der Waals surface area contributed by atoms with Crippen molar-refractivity contribution >= 4 is 28.7 Å². The van der Waals surface area contributed by atoms with Crippen LogP contribution in [0.15, 0.2) is 42.6 Å². The molecule has 1 fully saturated rings. The third kappa shape index (κ3) is 2.94. The maximum Gasteiger partial charge on any atom is 0.290 e. The number of amides is 1. The molecule has 0 bridgehead atoms. The third-order valence-electron chi connectivity index (χ3n) is 4.48. The van der Waals surface area contributed by atoms with Gasteiger partial charge in [0, 0.05) is 17.8 Å². The second-order valence-electron chi connectivity index (χ2n) is 6.02. The number of carbonyl (C=O) groups is 1. The fourth-order valence-electron chi connectivity index (χ4n) is 3.28. The van der Waals surface area contributed by atoms with Gasteiger partial charge in [-0.2, -0.15) is 0 Å². The monoisotopic (exact) mass is 372 g/mol. The Morgan fingerprint density at radius 3 is 2.96 bits per heavy atom. The molecule has 3 aromatic rings. The second kappa shape index (κ2) is 7.03. The number of aliphatic hydroxyl groups is 1. The van der Waals surface area contributed by atoms with E-state index in [1.165, 1.54) is 0 Å². The summed E-state index contributed by atoms with van der Waals surface area (Å²) in [6.07, 6.45) is 1.07. The molecular weight excluding hydrogens is 356 g/mol. The molecule has 2 atom stereocenters. The summed E-state index contributed by atoms with van der Waals surface area (Å²) >= 11 is 6.35. The Bertz CT molecular complexity index is 912. The molecule has 0 spiro atoms. The number of rotatable bonds is 3. The summed E-state index contributed by atoms with van der Waals surface area (Å²) in [7, 11) is 0. The van der Waals surface area contributed by atoms with Crippen LogP contribution in [0.2, 0.25) is 5.02 Å². The number of H-pyrrole nitrogens is 1. The van der Waals surface area contributed by atoms with E-state index in [-0.39, 0.29) is 18.3 Å². The molecule has 1 amide bonds. The van der Waals surface area contributed by atoms with E-state index in [9.17, 15) is 9.90 Å². The summed E-state index contributed by atoms with van der Waals surface area (Å²) in [6, 6.07) is 10.3. The van der Waals surface area contributed by atoms with Crippen molar-refractivity contribution in [2.75, 3.05) is 19.8 Å². The predicted octanol–water partition coefficient (Wildman–Crippen LogP) is 2.19. The van der Waals surface area contributed by atoms with E-state index < -0.39 is 12.1 Å². The maximum atomic E-state index is 13.2. The number of benzene rings is 1. The summed E-state index contributed by atoms with van der Waals surface area (Å²) < 4.78 is 5.68. The Kier molecular flexibility index (Phi) is 4.58. The predicted molar refractivity (Wildman–Crippen MR) is 95.9 cm³/mol. The lowest BCUT2D eigenvalue weighted by Crippen LogP contribution is -2.49. The van der Waals surface area contributed by atoms with Gasteiger partial charge in [0.05, 0.1) is 24.8 Å². The Morgan fingerprint density at radius 2 is 2.19 bits per heavy atom. The van der Waals surface area contributed by atoms with Crippen LogP contribution in [-0.4, -0.2) is 56.7 Å². The topological polar surface area (TPSA) is 91.3 Å². The summed E-state index contributed by atoms with van der Waals surface area (Å²) in [5.41, 5.74) is 1.91. The Hall–Kier alpha value is -2.48. The fourth-order valence-corrected chi connectivity index (χ4v) is 3.53. The highest BCUT2D eigenvalue weighted by Gasteiger charge is 2.38. The van der Waals surface area contributed by atoms with Crippen molar-refractivity contribution in [3.63, 3.8) is 0 Å². The average molecular weight is 373 g/mol. The molecule has 1 aliphatic heterocycles. The zero-order chi connectivity index (χ0) is 18.1. The van der Waals surface area contributed by atoms with Crippen LogP contribution in [0.25, 0.3) is 11.2 Å². The molecule has 7 nitrogen and oxygen atoms in total. The van der Waals surface area contributed by atoms with Crippen LogP contribution < -0.4 is 0 Å². The highest BCUT2D eigenvalue weighted by atomic mass is 35.5. The first-order chi connectivity index (χ1) is 12.7. The number of pyridine rings is 1. The second-order valence-corrected chi connectivity index (χ2v) is 6.42. The van der Waals surface area contributed by atoms with Gasteiger partial charge in [0.25, 0.3) is 5.91 Å². The molecule has 2 aromatic heterocycles. The van der Waals surface area contributed by atoms with Gasteiger partial charge >= 0.3 is 0 Å². The summed E-state index contributed by atoms with van der Waals surface area (Å²) in [5.74, 6) is -0.0796. The number of aromatic amines is 1. The minimum atomic E-state index is -0.560. The van der Waals surface area contributed by atoms with E-state index in [1.807, 2.05) is 24.3 Å². The number of carbonyl (C=O) groups excluding carboxylic acids is 1. The van der Waals surface area contributed by atoms with Crippen LogP contribution in [-0.2, 0) is 4.74 Å². The van der Waals surface area contributed by atoms with E-state index in [4.69, 9.17) is 16.3 Å². The van der Waals surface area contributed by atoms with Gasteiger partial charge in [-0.3, -0.25) is 4.79 Å². The van der Waals surface area contributed by atoms with Crippen LogP contribution in [0, 0.1) is 0 Å². The van der Waals surface area contributed by atoms with Crippen molar-refractivity contribution in [3.8, 4) is 0 Å². The lowest BCUT2D eigenvalue weighted by Gasteiger charge is -2.40. The number of morpholine rings is 1. The first-order valence-electron chi connectivity index (χ1n) is 8.27. The van der Waals surface area contributed by atoms with E-state index in [0.29, 0.717) is 29.3 Å². The number of fused-ring (bicyclic) bond motifs is 1. The number of hydrogen-bond donors (Lipinski definition) is 2. The molecule has 0 unspecified atom stereocenters. The molecule has 0 radical (unpaired) electrons. The van der Waals surface area contributed by atoms with Crippen molar-refractivity contribution < 1.29 is 14.6 Å². The van der Waals surface area contributed by atoms with Crippen LogP contribution >= 0.6 is 11.6 Å². The molecule has 8 heteroatoms. The average Bonchev–Trinajstić information content (AvgIpc) is 3.11. The van der Waals surface area contributed by atoms with Crippen molar-refractivity contribution in [1.29, 1.82) is 0 Å². The first kappa shape index (κ1) is 17.0. The quantitative estimate of drug-likeness (QED) is 0.735. The van der Waals surface area contributed by atoms with Gasteiger partial charge in [-0.15, -0.1) is 0 Å². The Balaban J connectivity index is 1.74. The zero-order valence-electron chi connectivity index (χ0n) is 13.8.